The zero-order valence-electron chi connectivity index (χ0n) is 18.1. The highest BCUT2D eigenvalue weighted by Gasteiger charge is 2.28. The Morgan fingerprint density at radius 3 is 1.84 bits per heavy atom. The SMILES string of the molecule is Cc1cccc(CNc2nc(N3CC(N)CC(N)C3)nc(N3CC(N)CC(N)C3)n2)c1. The minimum Gasteiger partial charge on any atom is -0.350 e. The van der Waals surface area contributed by atoms with E-state index in [1.165, 1.54) is 5.56 Å². The third-order valence-corrected chi connectivity index (χ3v) is 5.74. The Morgan fingerprint density at radius 2 is 1.35 bits per heavy atom. The van der Waals surface area contributed by atoms with Crippen molar-refractivity contribution in [1.82, 2.24) is 15.0 Å². The number of nitrogens with two attached hydrogens (primary N) is 4. The molecule has 0 spiro atoms. The van der Waals surface area contributed by atoms with E-state index in [1.54, 1.807) is 0 Å². The summed E-state index contributed by atoms with van der Waals surface area (Å²) in [6.07, 6.45) is 1.59. The molecule has 168 valence electrons. The van der Waals surface area contributed by atoms with Gasteiger partial charge in [0.1, 0.15) is 0 Å². The van der Waals surface area contributed by atoms with Crippen molar-refractivity contribution in [3.8, 4) is 0 Å². The molecule has 10 heteroatoms. The van der Waals surface area contributed by atoms with Crippen LogP contribution < -0.4 is 38.1 Å². The maximum absolute atomic E-state index is 6.21. The van der Waals surface area contributed by atoms with Crippen LogP contribution in [0.4, 0.5) is 17.8 Å². The van der Waals surface area contributed by atoms with E-state index in [2.05, 4.69) is 40.4 Å². The number of piperidine rings is 2. The van der Waals surface area contributed by atoms with E-state index in [0.29, 0.717) is 50.6 Å². The molecule has 2 aliphatic rings. The van der Waals surface area contributed by atoms with Crippen LogP contribution in [0.5, 0.6) is 0 Å². The number of rotatable bonds is 5. The van der Waals surface area contributed by atoms with Crippen molar-refractivity contribution in [2.75, 3.05) is 41.3 Å². The van der Waals surface area contributed by atoms with Crippen molar-refractivity contribution in [3.63, 3.8) is 0 Å². The highest BCUT2D eigenvalue weighted by atomic mass is 15.4. The summed E-state index contributed by atoms with van der Waals surface area (Å²) < 4.78 is 0. The molecule has 9 N–H and O–H groups in total. The Balaban J connectivity index is 1.61. The van der Waals surface area contributed by atoms with Crippen molar-refractivity contribution in [2.24, 2.45) is 22.9 Å². The van der Waals surface area contributed by atoms with E-state index in [1.807, 2.05) is 15.9 Å². The zero-order valence-corrected chi connectivity index (χ0v) is 18.1. The third-order valence-electron chi connectivity index (χ3n) is 5.74. The van der Waals surface area contributed by atoms with Gasteiger partial charge in [0.15, 0.2) is 0 Å². The predicted octanol–water partition coefficient (Wildman–Crippen LogP) is -0.478. The second-order valence-electron chi connectivity index (χ2n) is 8.92. The molecule has 1 aromatic carbocycles. The lowest BCUT2D eigenvalue weighted by atomic mass is 10.0. The third kappa shape index (κ3) is 5.59. The predicted molar refractivity (Wildman–Crippen MR) is 124 cm³/mol. The van der Waals surface area contributed by atoms with Crippen LogP contribution in [0.25, 0.3) is 0 Å². The van der Waals surface area contributed by atoms with E-state index in [4.69, 9.17) is 27.9 Å². The van der Waals surface area contributed by atoms with Crippen LogP contribution in [-0.2, 0) is 6.54 Å². The number of hydrogen-bond donors (Lipinski definition) is 5. The molecule has 2 aromatic rings. The molecule has 0 amide bonds. The Labute approximate surface area is 183 Å². The maximum atomic E-state index is 6.21. The van der Waals surface area contributed by atoms with Gasteiger partial charge in [0.25, 0.3) is 0 Å². The van der Waals surface area contributed by atoms with Gasteiger partial charge in [-0.3, -0.25) is 0 Å². The van der Waals surface area contributed by atoms with Crippen LogP contribution in [0.1, 0.15) is 24.0 Å². The van der Waals surface area contributed by atoms with Gasteiger partial charge >= 0.3 is 0 Å². The summed E-state index contributed by atoms with van der Waals surface area (Å²) in [5.74, 6) is 1.67. The summed E-state index contributed by atoms with van der Waals surface area (Å²) in [6, 6.07) is 8.30. The maximum Gasteiger partial charge on any atom is 0.232 e. The average molecular weight is 427 g/mol. The summed E-state index contributed by atoms with van der Waals surface area (Å²) in [7, 11) is 0. The van der Waals surface area contributed by atoms with Gasteiger partial charge in [-0.15, -0.1) is 0 Å². The highest BCUT2D eigenvalue weighted by Crippen LogP contribution is 2.22. The van der Waals surface area contributed by atoms with Crippen LogP contribution in [0.2, 0.25) is 0 Å². The summed E-state index contributed by atoms with van der Waals surface area (Å²) in [5, 5.41) is 3.35. The van der Waals surface area contributed by atoms with Crippen LogP contribution in [0.3, 0.4) is 0 Å². The molecular weight excluding hydrogens is 392 g/mol. The molecule has 10 nitrogen and oxygen atoms in total. The molecule has 1 aromatic heterocycles. The Morgan fingerprint density at radius 1 is 0.839 bits per heavy atom. The van der Waals surface area contributed by atoms with E-state index in [9.17, 15) is 0 Å². The molecule has 2 aliphatic heterocycles. The molecule has 0 saturated carbocycles. The van der Waals surface area contributed by atoms with Crippen molar-refractivity contribution in [3.05, 3.63) is 35.4 Å². The minimum absolute atomic E-state index is 0.00972. The summed E-state index contributed by atoms with van der Waals surface area (Å²) in [6.45, 7) is 5.33. The van der Waals surface area contributed by atoms with Gasteiger partial charge in [0.2, 0.25) is 17.8 Å². The zero-order chi connectivity index (χ0) is 22.0. The minimum atomic E-state index is -0.00972. The lowest BCUT2D eigenvalue weighted by molar-refractivity contribution is 0.441. The van der Waals surface area contributed by atoms with Crippen LogP contribution >= 0.6 is 0 Å². The quantitative estimate of drug-likeness (QED) is 0.422. The van der Waals surface area contributed by atoms with Crippen molar-refractivity contribution < 1.29 is 0 Å². The highest BCUT2D eigenvalue weighted by molar-refractivity contribution is 5.47. The van der Waals surface area contributed by atoms with Crippen molar-refractivity contribution in [1.29, 1.82) is 0 Å². The Hall–Kier alpha value is -2.53. The van der Waals surface area contributed by atoms with Gasteiger partial charge in [-0.1, -0.05) is 29.8 Å². The van der Waals surface area contributed by atoms with Crippen molar-refractivity contribution in [2.45, 2.75) is 50.5 Å². The van der Waals surface area contributed by atoms with Crippen molar-refractivity contribution >= 4 is 17.8 Å². The molecule has 2 saturated heterocycles. The van der Waals surface area contributed by atoms with Gasteiger partial charge in [-0.2, -0.15) is 15.0 Å². The molecule has 4 rings (SSSR count). The van der Waals surface area contributed by atoms with Crippen LogP contribution in [0.15, 0.2) is 24.3 Å². The number of nitrogens with one attached hydrogen (secondary N) is 1. The molecule has 4 unspecified atom stereocenters. The summed E-state index contributed by atoms with van der Waals surface area (Å²) in [4.78, 5) is 18.2. The average Bonchev–Trinajstić information content (AvgIpc) is 2.71. The first-order valence-electron chi connectivity index (χ1n) is 10.9. The fourth-order valence-corrected chi connectivity index (χ4v) is 4.40. The first-order valence-corrected chi connectivity index (χ1v) is 10.9. The van der Waals surface area contributed by atoms with E-state index in [-0.39, 0.29) is 24.2 Å². The van der Waals surface area contributed by atoms with Crippen LogP contribution in [-0.4, -0.2) is 65.3 Å². The lowest BCUT2D eigenvalue weighted by Gasteiger charge is -2.37. The number of nitrogens with zero attached hydrogens (tertiary/aromatic N) is 5. The molecule has 0 radical (unpaired) electrons. The van der Waals surface area contributed by atoms with E-state index < -0.39 is 0 Å². The Bertz CT molecular complexity index is 826. The van der Waals surface area contributed by atoms with Gasteiger partial charge in [0.05, 0.1) is 0 Å². The molecule has 31 heavy (non-hydrogen) atoms. The first-order chi connectivity index (χ1) is 14.9. The number of aryl methyl sites for hydroxylation is 1. The normalized spacial score (nSPS) is 26.7. The second kappa shape index (κ2) is 9.31. The molecule has 0 aliphatic carbocycles. The number of anilines is 3. The second-order valence-corrected chi connectivity index (χ2v) is 8.92. The topological polar surface area (TPSA) is 161 Å². The molecule has 3 heterocycles. The summed E-state index contributed by atoms with van der Waals surface area (Å²) >= 11 is 0. The molecular formula is C21H34N10. The number of benzene rings is 1. The monoisotopic (exact) mass is 426 g/mol. The number of aromatic nitrogens is 3. The van der Waals surface area contributed by atoms with Gasteiger partial charge < -0.3 is 38.1 Å². The van der Waals surface area contributed by atoms with Crippen LogP contribution in [0, 0.1) is 6.92 Å². The van der Waals surface area contributed by atoms with Gasteiger partial charge in [-0.25, -0.2) is 0 Å². The molecule has 0 bridgehead atoms. The van der Waals surface area contributed by atoms with E-state index in [0.717, 1.165) is 18.4 Å². The Kier molecular flexibility index (Phi) is 6.51. The summed E-state index contributed by atoms with van der Waals surface area (Å²) in [5.41, 5.74) is 27.2. The fourth-order valence-electron chi connectivity index (χ4n) is 4.40. The van der Waals surface area contributed by atoms with E-state index >= 15 is 0 Å². The first kappa shape index (κ1) is 21.7. The lowest BCUT2D eigenvalue weighted by Crippen LogP contribution is -2.54. The van der Waals surface area contributed by atoms with Gasteiger partial charge in [0, 0.05) is 56.9 Å². The fraction of sp³-hybridized carbons (Fsp3) is 0.571. The van der Waals surface area contributed by atoms with Gasteiger partial charge in [-0.05, 0) is 25.3 Å². The smallest absolute Gasteiger partial charge is 0.232 e. The largest absolute Gasteiger partial charge is 0.350 e. The molecule has 2 fully saturated rings. The number of hydrogen-bond acceptors (Lipinski definition) is 10. The standard InChI is InChI=1S/C21H34N10/c1-13-3-2-4-14(5-13)8-26-19-27-20(30-9-15(22)6-16(23)10-30)29-21(28-19)31-11-17(24)7-18(25)12-31/h2-5,15-18H,6-12,22-25H2,1H3,(H,26,27,28,29). The molecule has 4 atom stereocenters.